The van der Waals surface area contributed by atoms with Crippen LogP contribution in [0, 0.1) is 0 Å². The molecule has 8 nitrogen and oxygen atoms in total. The molecule has 2 aliphatic rings. The number of ether oxygens (including phenoxy) is 1. The van der Waals surface area contributed by atoms with Gasteiger partial charge in [0, 0.05) is 39.3 Å². The minimum absolute atomic E-state index is 0.0155. The number of benzene rings is 1. The largest absolute Gasteiger partial charge is 0.363 e. The van der Waals surface area contributed by atoms with Gasteiger partial charge in [-0.05, 0) is 37.1 Å². The van der Waals surface area contributed by atoms with E-state index >= 15 is 0 Å². The summed E-state index contributed by atoms with van der Waals surface area (Å²) in [6.45, 7) is 1.78. The molecule has 2 heterocycles. The van der Waals surface area contributed by atoms with Crippen molar-refractivity contribution in [2.75, 3.05) is 50.9 Å². The average Bonchev–Trinajstić information content (AvgIpc) is 2.64. The highest BCUT2D eigenvalue weighted by molar-refractivity contribution is 7.92. The number of sulfonamides is 1. The van der Waals surface area contributed by atoms with Gasteiger partial charge in [0.25, 0.3) is 5.91 Å². The molecule has 1 spiro atoms. The second-order valence-corrected chi connectivity index (χ2v) is 9.30. The summed E-state index contributed by atoms with van der Waals surface area (Å²) in [4.78, 5) is 27.8. The molecule has 2 fully saturated rings. The third-order valence-electron chi connectivity index (χ3n) is 5.39. The van der Waals surface area contributed by atoms with Crippen molar-refractivity contribution in [3.8, 4) is 0 Å². The summed E-state index contributed by atoms with van der Waals surface area (Å²) < 4.78 is 30.2. The first-order chi connectivity index (χ1) is 12.6. The number of rotatable bonds is 3. The summed E-state index contributed by atoms with van der Waals surface area (Å²) >= 11 is 0. The maximum Gasteiger partial charge on any atom is 0.253 e. The molecule has 2 saturated heterocycles. The van der Waals surface area contributed by atoms with Crippen LogP contribution in [0.3, 0.4) is 0 Å². The summed E-state index contributed by atoms with van der Waals surface area (Å²) in [5.41, 5.74) is 0.671. The van der Waals surface area contributed by atoms with Crippen molar-refractivity contribution < 1.29 is 22.7 Å². The van der Waals surface area contributed by atoms with Gasteiger partial charge in [0.05, 0.1) is 17.5 Å². The molecule has 148 valence electrons. The van der Waals surface area contributed by atoms with Gasteiger partial charge in [-0.25, -0.2) is 8.42 Å². The van der Waals surface area contributed by atoms with Gasteiger partial charge >= 0.3 is 0 Å². The maximum atomic E-state index is 12.8. The Balaban J connectivity index is 1.63. The van der Waals surface area contributed by atoms with Crippen molar-refractivity contribution in [3.05, 3.63) is 29.8 Å². The molecule has 3 rings (SSSR count). The maximum absolute atomic E-state index is 12.8. The molecule has 0 aromatic heterocycles. The topological polar surface area (TPSA) is 87.2 Å². The predicted molar refractivity (Wildman–Crippen MR) is 101 cm³/mol. The zero-order chi connectivity index (χ0) is 19.8. The van der Waals surface area contributed by atoms with Gasteiger partial charge in [-0.2, -0.15) is 0 Å². The number of nitrogens with zero attached hydrogens (tertiary/aromatic N) is 3. The van der Waals surface area contributed by atoms with Crippen LogP contribution in [-0.2, 0) is 19.6 Å². The van der Waals surface area contributed by atoms with E-state index in [1.54, 1.807) is 41.1 Å². The van der Waals surface area contributed by atoms with E-state index in [4.69, 9.17) is 4.74 Å². The normalized spacial score (nSPS) is 20.0. The van der Waals surface area contributed by atoms with Gasteiger partial charge in [0.1, 0.15) is 6.61 Å². The van der Waals surface area contributed by atoms with Gasteiger partial charge in [-0.3, -0.25) is 13.9 Å². The zero-order valence-electron chi connectivity index (χ0n) is 15.8. The summed E-state index contributed by atoms with van der Waals surface area (Å²) in [5, 5.41) is 0. The Hall–Kier alpha value is -2.13. The van der Waals surface area contributed by atoms with Crippen LogP contribution >= 0.6 is 0 Å². The molecule has 0 atom stereocenters. The second kappa shape index (κ2) is 7.12. The number of piperidine rings is 1. The van der Waals surface area contributed by atoms with Crippen LogP contribution in [0.1, 0.15) is 23.2 Å². The predicted octanol–water partition coefficient (Wildman–Crippen LogP) is 0.546. The minimum Gasteiger partial charge on any atom is -0.363 e. The van der Waals surface area contributed by atoms with Crippen molar-refractivity contribution in [1.29, 1.82) is 0 Å². The van der Waals surface area contributed by atoms with Crippen molar-refractivity contribution in [2.24, 2.45) is 0 Å². The number of morpholine rings is 1. The molecule has 0 radical (unpaired) electrons. The highest BCUT2D eigenvalue weighted by Gasteiger charge is 2.42. The first kappa shape index (κ1) is 19.6. The first-order valence-electron chi connectivity index (χ1n) is 8.82. The fraction of sp³-hybridized carbons (Fsp3) is 0.556. The highest BCUT2D eigenvalue weighted by atomic mass is 32.2. The molecule has 1 aromatic rings. The molecule has 27 heavy (non-hydrogen) atoms. The highest BCUT2D eigenvalue weighted by Crippen LogP contribution is 2.30. The molecule has 0 unspecified atom stereocenters. The van der Waals surface area contributed by atoms with Gasteiger partial charge < -0.3 is 14.5 Å². The SMILES string of the molecule is CN1CC2(CCN(C(=O)c3ccc(N(C)S(C)(=O)=O)cc3)CC2)OCC1=O. The van der Waals surface area contributed by atoms with Crippen molar-refractivity contribution in [2.45, 2.75) is 18.4 Å². The fourth-order valence-electron chi connectivity index (χ4n) is 3.50. The lowest BCUT2D eigenvalue weighted by Crippen LogP contribution is -2.58. The molecule has 2 amide bonds. The van der Waals surface area contributed by atoms with Crippen LogP contribution < -0.4 is 4.31 Å². The summed E-state index contributed by atoms with van der Waals surface area (Å²) in [5.74, 6) is -0.100. The molecule has 2 aliphatic heterocycles. The van der Waals surface area contributed by atoms with Crippen LogP contribution in [0.5, 0.6) is 0 Å². The Bertz CT molecular complexity index is 829. The Labute approximate surface area is 159 Å². The van der Waals surface area contributed by atoms with E-state index in [1.807, 2.05) is 0 Å². The van der Waals surface area contributed by atoms with Crippen LogP contribution in [0.25, 0.3) is 0 Å². The lowest BCUT2D eigenvalue weighted by molar-refractivity contribution is -0.167. The van der Waals surface area contributed by atoms with Gasteiger partial charge in [-0.1, -0.05) is 0 Å². The van der Waals surface area contributed by atoms with Gasteiger partial charge in [-0.15, -0.1) is 0 Å². The molecule has 0 aliphatic carbocycles. The monoisotopic (exact) mass is 395 g/mol. The van der Waals surface area contributed by atoms with E-state index in [-0.39, 0.29) is 24.0 Å². The summed E-state index contributed by atoms with van der Waals surface area (Å²) in [6, 6.07) is 6.55. The third-order valence-corrected chi connectivity index (χ3v) is 6.60. The number of likely N-dealkylation sites (tertiary alicyclic amines) is 1. The molecular weight excluding hydrogens is 370 g/mol. The number of likely N-dealkylation sites (N-methyl/N-ethyl adjacent to an activating group) is 1. The third kappa shape index (κ3) is 4.08. The van der Waals surface area contributed by atoms with Gasteiger partial charge in [0.2, 0.25) is 15.9 Å². The zero-order valence-corrected chi connectivity index (χ0v) is 16.7. The smallest absolute Gasteiger partial charge is 0.253 e. The van der Waals surface area contributed by atoms with E-state index < -0.39 is 10.0 Å². The number of anilines is 1. The van der Waals surface area contributed by atoms with Crippen LogP contribution in [0.2, 0.25) is 0 Å². The Morgan fingerprint density at radius 1 is 1.19 bits per heavy atom. The Kier molecular flexibility index (Phi) is 5.18. The lowest BCUT2D eigenvalue weighted by atomic mass is 9.89. The van der Waals surface area contributed by atoms with E-state index in [0.29, 0.717) is 43.7 Å². The lowest BCUT2D eigenvalue weighted by Gasteiger charge is -2.46. The molecule has 0 saturated carbocycles. The van der Waals surface area contributed by atoms with Crippen LogP contribution in [-0.4, -0.2) is 82.2 Å². The number of hydrogen-bond acceptors (Lipinski definition) is 5. The Morgan fingerprint density at radius 3 is 2.30 bits per heavy atom. The molecule has 0 bridgehead atoms. The van der Waals surface area contributed by atoms with E-state index in [1.165, 1.54) is 11.4 Å². The standard InChI is InChI=1S/C18H25N3O5S/c1-19-13-18(26-12-16(19)22)8-10-21(11-9-18)17(23)14-4-6-15(7-5-14)20(2)27(3,24)25/h4-7H,8-13H2,1-3H3. The van der Waals surface area contributed by atoms with Crippen molar-refractivity contribution in [3.63, 3.8) is 0 Å². The average molecular weight is 395 g/mol. The molecular formula is C18H25N3O5S. The number of carbonyl (C=O) groups is 2. The quantitative estimate of drug-likeness (QED) is 0.746. The molecule has 9 heteroatoms. The second-order valence-electron chi connectivity index (χ2n) is 7.29. The Morgan fingerprint density at radius 2 is 1.78 bits per heavy atom. The molecule has 0 N–H and O–H groups in total. The summed E-state index contributed by atoms with van der Waals surface area (Å²) in [7, 11) is -0.0863. The number of amides is 2. The molecule has 1 aromatic carbocycles. The summed E-state index contributed by atoms with van der Waals surface area (Å²) in [6.07, 6.45) is 2.50. The van der Waals surface area contributed by atoms with E-state index in [0.717, 1.165) is 6.26 Å². The fourth-order valence-corrected chi connectivity index (χ4v) is 4.00. The van der Waals surface area contributed by atoms with Crippen molar-refractivity contribution in [1.82, 2.24) is 9.80 Å². The van der Waals surface area contributed by atoms with Crippen LogP contribution in [0.4, 0.5) is 5.69 Å². The number of carbonyl (C=O) groups excluding carboxylic acids is 2. The number of hydrogen-bond donors (Lipinski definition) is 0. The van der Waals surface area contributed by atoms with E-state index in [9.17, 15) is 18.0 Å². The van der Waals surface area contributed by atoms with Crippen molar-refractivity contribution >= 4 is 27.5 Å². The van der Waals surface area contributed by atoms with Gasteiger partial charge in [0.15, 0.2) is 0 Å². The minimum atomic E-state index is -3.34. The van der Waals surface area contributed by atoms with E-state index in [2.05, 4.69) is 0 Å². The first-order valence-corrected chi connectivity index (χ1v) is 10.7. The van der Waals surface area contributed by atoms with Crippen LogP contribution in [0.15, 0.2) is 24.3 Å².